The molecule has 3 heteroatoms. The molecule has 116 valence electrons. The summed E-state index contributed by atoms with van der Waals surface area (Å²) < 4.78 is 0. The standard InChI is InChI=1S/C19H23ClN2/c1-15-4-2-5-17(14-15)19(16-6-8-18(20)9-7-16)22-12-3-10-21-11-13-22/h2,4-9,14,19,21H,3,10-13H2,1H3. The van der Waals surface area contributed by atoms with E-state index in [9.17, 15) is 0 Å². The molecular formula is C19H23ClN2. The average Bonchev–Trinajstić information content (AvgIpc) is 2.79. The summed E-state index contributed by atoms with van der Waals surface area (Å²) in [5.74, 6) is 0. The minimum absolute atomic E-state index is 0.303. The van der Waals surface area contributed by atoms with Crippen molar-refractivity contribution in [2.45, 2.75) is 19.4 Å². The van der Waals surface area contributed by atoms with Crippen molar-refractivity contribution in [2.24, 2.45) is 0 Å². The lowest BCUT2D eigenvalue weighted by Gasteiger charge is -2.31. The fourth-order valence-electron chi connectivity index (χ4n) is 3.22. The molecule has 1 atom stereocenters. The van der Waals surface area contributed by atoms with Crippen LogP contribution in [0, 0.1) is 6.92 Å². The van der Waals surface area contributed by atoms with Crippen LogP contribution in [0.1, 0.15) is 29.2 Å². The molecule has 0 spiro atoms. The Morgan fingerprint density at radius 3 is 2.59 bits per heavy atom. The molecule has 2 aromatic carbocycles. The summed E-state index contributed by atoms with van der Waals surface area (Å²) in [6.07, 6.45) is 1.19. The molecule has 0 aliphatic carbocycles. The molecule has 1 unspecified atom stereocenters. The maximum Gasteiger partial charge on any atom is 0.0602 e. The molecule has 1 aliphatic heterocycles. The third-order valence-corrected chi connectivity index (χ3v) is 4.54. The monoisotopic (exact) mass is 314 g/mol. The lowest BCUT2D eigenvalue weighted by Crippen LogP contribution is -2.33. The quantitative estimate of drug-likeness (QED) is 0.920. The summed E-state index contributed by atoms with van der Waals surface area (Å²) in [5.41, 5.74) is 3.99. The third kappa shape index (κ3) is 3.70. The normalized spacial score (nSPS) is 17.9. The predicted molar refractivity (Wildman–Crippen MR) is 93.5 cm³/mol. The van der Waals surface area contributed by atoms with Crippen LogP contribution in [0.5, 0.6) is 0 Å². The molecule has 0 aromatic heterocycles. The van der Waals surface area contributed by atoms with E-state index in [-0.39, 0.29) is 0 Å². The summed E-state index contributed by atoms with van der Waals surface area (Å²) in [5, 5.41) is 4.29. The number of hydrogen-bond acceptors (Lipinski definition) is 2. The minimum Gasteiger partial charge on any atom is -0.315 e. The van der Waals surface area contributed by atoms with E-state index in [0.717, 1.165) is 31.2 Å². The topological polar surface area (TPSA) is 15.3 Å². The van der Waals surface area contributed by atoms with Gasteiger partial charge in [-0.1, -0.05) is 53.6 Å². The largest absolute Gasteiger partial charge is 0.315 e. The van der Waals surface area contributed by atoms with Crippen LogP contribution in [0.25, 0.3) is 0 Å². The molecule has 2 nitrogen and oxygen atoms in total. The van der Waals surface area contributed by atoms with E-state index in [2.05, 4.69) is 53.5 Å². The Morgan fingerprint density at radius 1 is 1.00 bits per heavy atom. The summed E-state index contributed by atoms with van der Waals surface area (Å²) in [6.45, 7) is 6.51. The Balaban J connectivity index is 1.99. The zero-order valence-electron chi connectivity index (χ0n) is 13.1. The van der Waals surface area contributed by atoms with E-state index in [1.165, 1.54) is 23.1 Å². The molecule has 1 N–H and O–H groups in total. The van der Waals surface area contributed by atoms with Crippen LogP contribution < -0.4 is 5.32 Å². The highest BCUT2D eigenvalue weighted by atomic mass is 35.5. The highest BCUT2D eigenvalue weighted by Crippen LogP contribution is 2.30. The molecule has 0 amide bonds. The highest BCUT2D eigenvalue weighted by molar-refractivity contribution is 6.30. The third-order valence-electron chi connectivity index (χ3n) is 4.28. The van der Waals surface area contributed by atoms with Crippen LogP contribution in [-0.2, 0) is 0 Å². The maximum atomic E-state index is 6.08. The molecule has 0 saturated carbocycles. The smallest absolute Gasteiger partial charge is 0.0602 e. The van der Waals surface area contributed by atoms with E-state index in [1.54, 1.807) is 0 Å². The van der Waals surface area contributed by atoms with Crippen molar-refractivity contribution in [3.05, 3.63) is 70.2 Å². The van der Waals surface area contributed by atoms with Crippen LogP contribution in [-0.4, -0.2) is 31.1 Å². The van der Waals surface area contributed by atoms with Gasteiger partial charge in [-0.3, -0.25) is 4.90 Å². The molecular weight excluding hydrogens is 292 g/mol. The molecule has 1 fully saturated rings. The number of benzene rings is 2. The Morgan fingerprint density at radius 2 is 1.82 bits per heavy atom. The van der Waals surface area contributed by atoms with E-state index in [4.69, 9.17) is 11.6 Å². The van der Waals surface area contributed by atoms with Crippen LogP contribution in [0.2, 0.25) is 5.02 Å². The lowest BCUT2D eigenvalue weighted by atomic mass is 9.95. The number of nitrogens with zero attached hydrogens (tertiary/aromatic N) is 1. The van der Waals surface area contributed by atoms with Gasteiger partial charge in [0.05, 0.1) is 6.04 Å². The van der Waals surface area contributed by atoms with Crippen LogP contribution in [0.4, 0.5) is 0 Å². The van der Waals surface area contributed by atoms with E-state index >= 15 is 0 Å². The summed E-state index contributed by atoms with van der Waals surface area (Å²) in [7, 11) is 0. The van der Waals surface area contributed by atoms with Gasteiger partial charge < -0.3 is 5.32 Å². The first-order chi connectivity index (χ1) is 10.7. The van der Waals surface area contributed by atoms with Crippen molar-refractivity contribution in [2.75, 3.05) is 26.2 Å². The molecule has 22 heavy (non-hydrogen) atoms. The van der Waals surface area contributed by atoms with Crippen LogP contribution in [0.15, 0.2) is 48.5 Å². The fourth-order valence-corrected chi connectivity index (χ4v) is 3.35. The molecule has 1 saturated heterocycles. The first-order valence-electron chi connectivity index (χ1n) is 8.01. The Hall–Kier alpha value is -1.35. The Bertz CT molecular complexity index is 601. The second-order valence-electron chi connectivity index (χ2n) is 6.01. The second kappa shape index (κ2) is 7.28. The van der Waals surface area contributed by atoms with Crippen LogP contribution >= 0.6 is 11.6 Å². The number of halogens is 1. The summed E-state index contributed by atoms with van der Waals surface area (Å²) in [6, 6.07) is 17.5. The predicted octanol–water partition coefficient (Wildman–Crippen LogP) is 4.03. The average molecular weight is 315 g/mol. The zero-order valence-corrected chi connectivity index (χ0v) is 13.8. The first-order valence-corrected chi connectivity index (χ1v) is 8.38. The molecule has 0 bridgehead atoms. The molecule has 3 rings (SSSR count). The van der Waals surface area contributed by atoms with Crippen molar-refractivity contribution in [3.63, 3.8) is 0 Å². The van der Waals surface area contributed by atoms with Gasteiger partial charge in [0.25, 0.3) is 0 Å². The SMILES string of the molecule is Cc1cccc(C(c2ccc(Cl)cc2)N2CCCNCC2)c1. The van der Waals surface area contributed by atoms with Gasteiger partial charge >= 0.3 is 0 Å². The second-order valence-corrected chi connectivity index (χ2v) is 6.44. The van der Waals surface area contributed by atoms with Gasteiger partial charge in [-0.2, -0.15) is 0 Å². The minimum atomic E-state index is 0.303. The zero-order chi connectivity index (χ0) is 15.4. The number of aryl methyl sites for hydroxylation is 1. The molecule has 0 radical (unpaired) electrons. The molecule has 1 heterocycles. The van der Waals surface area contributed by atoms with Gasteiger partial charge in [0, 0.05) is 24.7 Å². The van der Waals surface area contributed by atoms with E-state index in [0.29, 0.717) is 6.04 Å². The Kier molecular flexibility index (Phi) is 5.14. The van der Waals surface area contributed by atoms with Crippen molar-refractivity contribution in [3.8, 4) is 0 Å². The van der Waals surface area contributed by atoms with Gasteiger partial charge in [-0.25, -0.2) is 0 Å². The highest BCUT2D eigenvalue weighted by Gasteiger charge is 2.23. The molecule has 2 aromatic rings. The van der Waals surface area contributed by atoms with Gasteiger partial charge in [0.1, 0.15) is 0 Å². The lowest BCUT2D eigenvalue weighted by molar-refractivity contribution is 0.241. The van der Waals surface area contributed by atoms with Crippen molar-refractivity contribution >= 4 is 11.6 Å². The number of rotatable bonds is 3. The van der Waals surface area contributed by atoms with Gasteiger partial charge in [-0.15, -0.1) is 0 Å². The molecule has 1 aliphatic rings. The summed E-state index contributed by atoms with van der Waals surface area (Å²) >= 11 is 6.08. The number of nitrogens with one attached hydrogen (secondary N) is 1. The van der Waals surface area contributed by atoms with E-state index < -0.39 is 0 Å². The summed E-state index contributed by atoms with van der Waals surface area (Å²) in [4.78, 5) is 2.58. The van der Waals surface area contributed by atoms with Crippen LogP contribution in [0.3, 0.4) is 0 Å². The van der Waals surface area contributed by atoms with Crippen molar-refractivity contribution < 1.29 is 0 Å². The van der Waals surface area contributed by atoms with Crippen molar-refractivity contribution in [1.29, 1.82) is 0 Å². The maximum absolute atomic E-state index is 6.08. The fraction of sp³-hybridized carbons (Fsp3) is 0.368. The van der Waals surface area contributed by atoms with E-state index in [1.807, 2.05) is 12.1 Å². The van der Waals surface area contributed by atoms with Crippen molar-refractivity contribution in [1.82, 2.24) is 10.2 Å². The van der Waals surface area contributed by atoms with Gasteiger partial charge in [-0.05, 0) is 43.1 Å². The Labute approximate surface area is 138 Å². The number of hydrogen-bond donors (Lipinski definition) is 1. The van der Waals surface area contributed by atoms with Gasteiger partial charge in [0.15, 0.2) is 0 Å². The van der Waals surface area contributed by atoms with Gasteiger partial charge in [0.2, 0.25) is 0 Å². The first kappa shape index (κ1) is 15.5.